The molecule has 0 radical (unpaired) electrons. The molecule has 0 unspecified atom stereocenters. The minimum absolute atomic E-state index is 0.384. The Morgan fingerprint density at radius 2 is 1.92 bits per heavy atom. The summed E-state index contributed by atoms with van der Waals surface area (Å²) in [5.41, 5.74) is -0.444. The summed E-state index contributed by atoms with van der Waals surface area (Å²) in [6, 6.07) is 0. The van der Waals surface area contributed by atoms with Gasteiger partial charge in [0.25, 0.3) is 10.2 Å². The van der Waals surface area contributed by atoms with Crippen LogP contribution in [0, 0.1) is 0 Å². The highest BCUT2D eigenvalue weighted by Gasteiger charge is 2.18. The molecule has 0 aliphatic heterocycles. The van der Waals surface area contributed by atoms with E-state index in [0.717, 1.165) is 0 Å². The van der Waals surface area contributed by atoms with Crippen molar-refractivity contribution in [2.75, 3.05) is 6.54 Å². The van der Waals surface area contributed by atoms with Crippen LogP contribution in [0.2, 0.25) is 0 Å². The highest BCUT2D eigenvalue weighted by Crippen LogP contribution is 2.00. The van der Waals surface area contributed by atoms with Gasteiger partial charge in [0.2, 0.25) is 0 Å². The zero-order chi connectivity index (χ0) is 10.5. The zero-order valence-corrected chi connectivity index (χ0v) is 9.24. The fraction of sp³-hybridized carbons (Fsp3) is 0.750. The van der Waals surface area contributed by atoms with E-state index in [1.807, 2.05) is 0 Å². The molecule has 0 aliphatic carbocycles. The Morgan fingerprint density at radius 3 is 2.31 bits per heavy atom. The smallest absolute Gasteiger partial charge is 0.202 e. The SMILES string of the molecule is C=CCCNS(=O)(=O)NC(C)(C)C. The molecule has 0 aromatic rings. The third-order valence-corrected chi connectivity index (χ3v) is 2.55. The highest BCUT2D eigenvalue weighted by molar-refractivity contribution is 7.87. The van der Waals surface area contributed by atoms with Crippen LogP contribution < -0.4 is 9.44 Å². The summed E-state index contributed by atoms with van der Waals surface area (Å²) < 4.78 is 27.4. The van der Waals surface area contributed by atoms with Crippen molar-refractivity contribution < 1.29 is 8.42 Å². The first-order chi connectivity index (χ1) is 5.77. The Labute approximate surface area is 80.6 Å². The van der Waals surface area contributed by atoms with Crippen LogP contribution in [0.1, 0.15) is 27.2 Å². The zero-order valence-electron chi connectivity index (χ0n) is 8.42. The average molecular weight is 206 g/mol. The minimum atomic E-state index is -3.36. The molecule has 5 heteroatoms. The monoisotopic (exact) mass is 206 g/mol. The summed E-state index contributed by atoms with van der Waals surface area (Å²) in [5, 5.41) is 0. The van der Waals surface area contributed by atoms with Crippen LogP contribution in [-0.4, -0.2) is 20.5 Å². The molecular formula is C8H18N2O2S. The Morgan fingerprint density at radius 1 is 1.38 bits per heavy atom. The van der Waals surface area contributed by atoms with Gasteiger partial charge >= 0.3 is 0 Å². The van der Waals surface area contributed by atoms with Crippen LogP contribution >= 0.6 is 0 Å². The third-order valence-electron chi connectivity index (χ3n) is 1.08. The van der Waals surface area contributed by atoms with E-state index in [9.17, 15) is 8.42 Å². The standard InChI is InChI=1S/C8H18N2O2S/c1-5-6-7-9-13(11,12)10-8(2,3)4/h5,9-10H,1,6-7H2,2-4H3. The van der Waals surface area contributed by atoms with E-state index in [0.29, 0.717) is 13.0 Å². The van der Waals surface area contributed by atoms with Crippen molar-refractivity contribution in [3.63, 3.8) is 0 Å². The Balaban J connectivity index is 4.03. The largest absolute Gasteiger partial charge is 0.277 e. The van der Waals surface area contributed by atoms with Gasteiger partial charge in [0, 0.05) is 12.1 Å². The second kappa shape index (κ2) is 4.74. The number of hydrogen-bond donors (Lipinski definition) is 2. The fourth-order valence-electron chi connectivity index (χ4n) is 0.735. The first-order valence-electron chi connectivity index (χ1n) is 4.16. The molecule has 0 bridgehead atoms. The molecule has 0 aromatic carbocycles. The molecule has 0 saturated carbocycles. The first kappa shape index (κ1) is 12.6. The molecule has 0 amide bonds. The van der Waals surface area contributed by atoms with E-state index < -0.39 is 15.7 Å². The lowest BCUT2D eigenvalue weighted by molar-refractivity contribution is 0.484. The highest BCUT2D eigenvalue weighted by atomic mass is 32.2. The quantitative estimate of drug-likeness (QED) is 0.516. The fourth-order valence-corrected chi connectivity index (χ4v) is 2.00. The normalized spacial score (nSPS) is 12.8. The summed E-state index contributed by atoms with van der Waals surface area (Å²) in [6.07, 6.45) is 2.30. The summed E-state index contributed by atoms with van der Waals surface area (Å²) in [7, 11) is -3.36. The molecular weight excluding hydrogens is 188 g/mol. The molecule has 2 N–H and O–H groups in total. The van der Waals surface area contributed by atoms with Crippen LogP contribution in [0.25, 0.3) is 0 Å². The van der Waals surface area contributed by atoms with Crippen molar-refractivity contribution in [3.8, 4) is 0 Å². The summed E-state index contributed by atoms with van der Waals surface area (Å²) >= 11 is 0. The van der Waals surface area contributed by atoms with Gasteiger partial charge in [-0.2, -0.15) is 13.1 Å². The average Bonchev–Trinajstić information content (AvgIpc) is 1.81. The van der Waals surface area contributed by atoms with Gasteiger partial charge in [0.05, 0.1) is 0 Å². The van der Waals surface area contributed by atoms with Gasteiger partial charge in [0.15, 0.2) is 0 Å². The molecule has 0 saturated heterocycles. The van der Waals surface area contributed by atoms with E-state index in [4.69, 9.17) is 0 Å². The van der Waals surface area contributed by atoms with Crippen LogP contribution in [0.3, 0.4) is 0 Å². The lowest BCUT2D eigenvalue weighted by Crippen LogP contribution is -2.47. The Kier molecular flexibility index (Phi) is 4.60. The van der Waals surface area contributed by atoms with Crippen LogP contribution in [0.5, 0.6) is 0 Å². The molecule has 0 rings (SSSR count). The van der Waals surface area contributed by atoms with Crippen LogP contribution in [0.4, 0.5) is 0 Å². The van der Waals surface area contributed by atoms with Crippen molar-refractivity contribution in [1.29, 1.82) is 0 Å². The van der Waals surface area contributed by atoms with E-state index in [2.05, 4.69) is 16.0 Å². The van der Waals surface area contributed by atoms with E-state index >= 15 is 0 Å². The maximum absolute atomic E-state index is 11.3. The topological polar surface area (TPSA) is 58.2 Å². The van der Waals surface area contributed by atoms with E-state index in [1.54, 1.807) is 26.8 Å². The van der Waals surface area contributed by atoms with E-state index in [-0.39, 0.29) is 0 Å². The predicted octanol–water partition coefficient (Wildman–Crippen LogP) is 0.785. The van der Waals surface area contributed by atoms with Gasteiger partial charge in [-0.15, -0.1) is 6.58 Å². The molecule has 0 aromatic heterocycles. The first-order valence-corrected chi connectivity index (χ1v) is 5.64. The molecule has 0 spiro atoms. The van der Waals surface area contributed by atoms with E-state index in [1.165, 1.54) is 0 Å². The van der Waals surface area contributed by atoms with Gasteiger partial charge < -0.3 is 0 Å². The number of nitrogens with one attached hydrogen (secondary N) is 2. The van der Waals surface area contributed by atoms with Gasteiger partial charge in [-0.3, -0.25) is 0 Å². The van der Waals surface area contributed by atoms with Crippen molar-refractivity contribution in [3.05, 3.63) is 12.7 Å². The van der Waals surface area contributed by atoms with Crippen LogP contribution in [-0.2, 0) is 10.2 Å². The van der Waals surface area contributed by atoms with Crippen molar-refractivity contribution in [2.24, 2.45) is 0 Å². The van der Waals surface area contributed by atoms with Gasteiger partial charge in [-0.25, -0.2) is 4.72 Å². The van der Waals surface area contributed by atoms with Crippen molar-refractivity contribution >= 4 is 10.2 Å². The molecule has 78 valence electrons. The van der Waals surface area contributed by atoms with Gasteiger partial charge in [-0.05, 0) is 27.2 Å². The third kappa shape index (κ3) is 7.95. The Hall–Kier alpha value is -0.390. The second-order valence-electron chi connectivity index (χ2n) is 3.83. The molecule has 0 fully saturated rings. The van der Waals surface area contributed by atoms with Gasteiger partial charge in [0.1, 0.15) is 0 Å². The molecule has 4 nitrogen and oxygen atoms in total. The number of hydrogen-bond acceptors (Lipinski definition) is 2. The predicted molar refractivity (Wildman–Crippen MR) is 54.6 cm³/mol. The summed E-state index contributed by atoms with van der Waals surface area (Å²) in [5.74, 6) is 0. The maximum atomic E-state index is 11.3. The summed E-state index contributed by atoms with van der Waals surface area (Å²) in [6.45, 7) is 9.26. The summed E-state index contributed by atoms with van der Waals surface area (Å²) in [4.78, 5) is 0. The Bertz CT molecular complexity index is 252. The number of rotatable bonds is 5. The molecule has 13 heavy (non-hydrogen) atoms. The van der Waals surface area contributed by atoms with Crippen molar-refractivity contribution in [1.82, 2.24) is 9.44 Å². The lowest BCUT2D eigenvalue weighted by atomic mass is 10.1. The molecule has 0 heterocycles. The maximum Gasteiger partial charge on any atom is 0.277 e. The second-order valence-corrected chi connectivity index (χ2v) is 5.33. The van der Waals surface area contributed by atoms with Crippen LogP contribution in [0.15, 0.2) is 12.7 Å². The molecule has 0 atom stereocenters. The van der Waals surface area contributed by atoms with Gasteiger partial charge in [-0.1, -0.05) is 6.08 Å². The minimum Gasteiger partial charge on any atom is -0.202 e. The van der Waals surface area contributed by atoms with Crippen molar-refractivity contribution in [2.45, 2.75) is 32.7 Å². The lowest BCUT2D eigenvalue weighted by Gasteiger charge is -2.20. The molecule has 0 aliphatic rings.